The Bertz CT molecular complexity index is 774. The van der Waals surface area contributed by atoms with E-state index in [1.54, 1.807) is 0 Å². The maximum Gasteiger partial charge on any atom is 0.158 e. The van der Waals surface area contributed by atoms with E-state index in [0.29, 0.717) is 6.54 Å². The van der Waals surface area contributed by atoms with Crippen molar-refractivity contribution in [2.75, 3.05) is 0 Å². The first-order valence-corrected chi connectivity index (χ1v) is 7.43. The number of hydrogen-bond donors (Lipinski definition) is 1. The monoisotopic (exact) mass is 280 g/mol. The van der Waals surface area contributed by atoms with Crippen LogP contribution in [0, 0.1) is 0 Å². The van der Waals surface area contributed by atoms with E-state index in [2.05, 4.69) is 37.1 Å². The number of fused-ring (bicyclic) bond motifs is 1. The highest BCUT2D eigenvalue weighted by Crippen LogP contribution is 2.21. The van der Waals surface area contributed by atoms with Crippen molar-refractivity contribution in [1.82, 2.24) is 14.8 Å². The standard InChI is InChI=1S/C17H20N4/c1-3-14-10-15(4-2)21(20-14)17-13(11-18)9-12-7-5-6-8-16(12)19-17/h5-10H,3-4,11,18H2,1-2H3. The minimum absolute atomic E-state index is 0.456. The molecule has 1 aromatic carbocycles. The van der Waals surface area contributed by atoms with Crippen molar-refractivity contribution >= 4 is 10.9 Å². The van der Waals surface area contributed by atoms with Crippen LogP contribution in [0.3, 0.4) is 0 Å². The molecule has 0 fully saturated rings. The number of aryl methyl sites for hydroxylation is 2. The fourth-order valence-corrected chi connectivity index (χ4v) is 2.57. The number of aromatic nitrogens is 3. The topological polar surface area (TPSA) is 56.7 Å². The lowest BCUT2D eigenvalue weighted by atomic mass is 10.1. The molecule has 0 aliphatic rings. The Labute approximate surface area is 124 Å². The van der Waals surface area contributed by atoms with Gasteiger partial charge >= 0.3 is 0 Å². The second kappa shape index (κ2) is 5.66. The molecule has 21 heavy (non-hydrogen) atoms. The Hall–Kier alpha value is -2.20. The minimum atomic E-state index is 0.456. The average molecular weight is 280 g/mol. The molecular formula is C17H20N4. The second-order valence-electron chi connectivity index (χ2n) is 5.11. The number of hydrogen-bond acceptors (Lipinski definition) is 3. The summed E-state index contributed by atoms with van der Waals surface area (Å²) in [5, 5.41) is 5.80. The summed E-state index contributed by atoms with van der Waals surface area (Å²) < 4.78 is 1.95. The average Bonchev–Trinajstić information content (AvgIpc) is 2.96. The van der Waals surface area contributed by atoms with Crippen LogP contribution in [0.5, 0.6) is 0 Å². The first-order valence-electron chi connectivity index (χ1n) is 7.43. The number of para-hydroxylation sites is 1. The molecule has 0 aliphatic carbocycles. The van der Waals surface area contributed by atoms with Crippen LogP contribution >= 0.6 is 0 Å². The van der Waals surface area contributed by atoms with Crippen LogP contribution in [0.15, 0.2) is 36.4 Å². The van der Waals surface area contributed by atoms with E-state index in [-0.39, 0.29) is 0 Å². The predicted molar refractivity (Wildman–Crippen MR) is 85.5 cm³/mol. The van der Waals surface area contributed by atoms with Crippen molar-refractivity contribution in [1.29, 1.82) is 0 Å². The minimum Gasteiger partial charge on any atom is -0.326 e. The van der Waals surface area contributed by atoms with Gasteiger partial charge in [0.15, 0.2) is 5.82 Å². The Balaban J connectivity index is 2.25. The molecule has 0 spiro atoms. The molecule has 0 atom stereocenters. The van der Waals surface area contributed by atoms with Gasteiger partial charge in [-0.2, -0.15) is 5.10 Å². The number of pyridine rings is 1. The molecule has 3 rings (SSSR count). The van der Waals surface area contributed by atoms with Gasteiger partial charge in [0.2, 0.25) is 0 Å². The quantitative estimate of drug-likeness (QED) is 0.799. The largest absolute Gasteiger partial charge is 0.326 e. The van der Waals surface area contributed by atoms with E-state index in [9.17, 15) is 0 Å². The van der Waals surface area contributed by atoms with Gasteiger partial charge in [0.05, 0.1) is 11.2 Å². The van der Waals surface area contributed by atoms with E-state index in [1.165, 1.54) is 5.69 Å². The third kappa shape index (κ3) is 2.43. The molecule has 0 bridgehead atoms. The highest BCUT2D eigenvalue weighted by molar-refractivity contribution is 5.80. The Morgan fingerprint density at radius 3 is 2.62 bits per heavy atom. The third-order valence-corrected chi connectivity index (χ3v) is 3.76. The third-order valence-electron chi connectivity index (χ3n) is 3.76. The van der Waals surface area contributed by atoms with E-state index >= 15 is 0 Å². The number of benzene rings is 1. The molecule has 0 unspecified atom stereocenters. The summed E-state index contributed by atoms with van der Waals surface area (Å²) in [6, 6.07) is 12.4. The zero-order chi connectivity index (χ0) is 14.8. The highest BCUT2D eigenvalue weighted by atomic mass is 15.3. The Kier molecular flexibility index (Phi) is 3.71. The summed E-state index contributed by atoms with van der Waals surface area (Å²) in [7, 11) is 0. The van der Waals surface area contributed by atoms with Gasteiger partial charge in [-0.1, -0.05) is 32.0 Å². The lowest BCUT2D eigenvalue weighted by Gasteiger charge is -2.11. The van der Waals surface area contributed by atoms with Crippen molar-refractivity contribution in [3.8, 4) is 5.82 Å². The molecule has 2 aromatic heterocycles. The van der Waals surface area contributed by atoms with Gasteiger partial charge in [0, 0.05) is 23.2 Å². The molecule has 4 nitrogen and oxygen atoms in total. The van der Waals surface area contributed by atoms with Crippen molar-refractivity contribution in [3.63, 3.8) is 0 Å². The van der Waals surface area contributed by atoms with Crippen LogP contribution in [-0.4, -0.2) is 14.8 Å². The number of rotatable bonds is 4. The van der Waals surface area contributed by atoms with Crippen molar-refractivity contribution in [2.24, 2.45) is 5.73 Å². The van der Waals surface area contributed by atoms with Crippen molar-refractivity contribution in [3.05, 3.63) is 53.3 Å². The molecule has 0 radical (unpaired) electrons. The first-order chi connectivity index (χ1) is 10.3. The second-order valence-corrected chi connectivity index (χ2v) is 5.11. The van der Waals surface area contributed by atoms with E-state index in [1.807, 2.05) is 22.9 Å². The maximum absolute atomic E-state index is 5.93. The molecule has 4 heteroatoms. The van der Waals surface area contributed by atoms with Gasteiger partial charge in [-0.05, 0) is 31.0 Å². The van der Waals surface area contributed by atoms with Crippen LogP contribution in [0.2, 0.25) is 0 Å². The zero-order valence-corrected chi connectivity index (χ0v) is 12.5. The molecule has 0 amide bonds. The van der Waals surface area contributed by atoms with Crippen LogP contribution < -0.4 is 5.73 Å². The molecule has 0 saturated heterocycles. The van der Waals surface area contributed by atoms with Gasteiger partial charge in [-0.15, -0.1) is 0 Å². The molecule has 2 heterocycles. The summed E-state index contributed by atoms with van der Waals surface area (Å²) in [5.41, 5.74) is 10.2. The molecule has 108 valence electrons. The summed E-state index contributed by atoms with van der Waals surface area (Å²) in [6.07, 6.45) is 1.84. The number of nitrogens with two attached hydrogens (primary N) is 1. The van der Waals surface area contributed by atoms with Crippen molar-refractivity contribution < 1.29 is 0 Å². The Morgan fingerprint density at radius 2 is 1.90 bits per heavy atom. The summed E-state index contributed by atoms with van der Waals surface area (Å²) in [5.74, 6) is 0.854. The highest BCUT2D eigenvalue weighted by Gasteiger charge is 2.13. The van der Waals surface area contributed by atoms with Crippen LogP contribution in [0.4, 0.5) is 0 Å². The molecule has 3 aromatic rings. The van der Waals surface area contributed by atoms with Gasteiger partial charge in [-0.25, -0.2) is 9.67 Å². The van der Waals surface area contributed by atoms with Gasteiger partial charge in [0.1, 0.15) is 0 Å². The van der Waals surface area contributed by atoms with Gasteiger partial charge in [-0.3, -0.25) is 0 Å². The van der Waals surface area contributed by atoms with Gasteiger partial charge in [0.25, 0.3) is 0 Å². The first kappa shape index (κ1) is 13.8. The molecular weight excluding hydrogens is 260 g/mol. The number of nitrogens with zero attached hydrogens (tertiary/aromatic N) is 3. The molecule has 2 N–H and O–H groups in total. The van der Waals surface area contributed by atoms with Gasteiger partial charge < -0.3 is 5.73 Å². The van der Waals surface area contributed by atoms with E-state index < -0.39 is 0 Å². The summed E-state index contributed by atoms with van der Waals surface area (Å²) in [4.78, 5) is 4.79. The Morgan fingerprint density at radius 1 is 1.10 bits per heavy atom. The smallest absolute Gasteiger partial charge is 0.158 e. The van der Waals surface area contributed by atoms with Crippen LogP contribution in [-0.2, 0) is 19.4 Å². The summed E-state index contributed by atoms with van der Waals surface area (Å²) in [6.45, 7) is 4.71. The molecule has 0 aliphatic heterocycles. The molecule has 0 saturated carbocycles. The SMILES string of the molecule is CCc1cc(CC)n(-c2nc3ccccc3cc2CN)n1. The normalized spacial score (nSPS) is 11.2. The lowest BCUT2D eigenvalue weighted by Crippen LogP contribution is -2.10. The van der Waals surface area contributed by atoms with E-state index in [4.69, 9.17) is 10.7 Å². The lowest BCUT2D eigenvalue weighted by molar-refractivity contribution is 0.763. The zero-order valence-electron chi connectivity index (χ0n) is 12.5. The van der Waals surface area contributed by atoms with Crippen LogP contribution in [0.25, 0.3) is 16.7 Å². The summed E-state index contributed by atoms with van der Waals surface area (Å²) >= 11 is 0. The fourth-order valence-electron chi connectivity index (χ4n) is 2.57. The van der Waals surface area contributed by atoms with Crippen molar-refractivity contribution in [2.45, 2.75) is 33.2 Å². The van der Waals surface area contributed by atoms with Crippen LogP contribution in [0.1, 0.15) is 30.8 Å². The van der Waals surface area contributed by atoms with E-state index in [0.717, 1.165) is 40.8 Å². The predicted octanol–water partition coefficient (Wildman–Crippen LogP) is 3.00. The fraction of sp³-hybridized carbons (Fsp3) is 0.294. The maximum atomic E-state index is 5.93.